The molecule has 0 bridgehead atoms. The van der Waals surface area contributed by atoms with Gasteiger partial charge in [-0.2, -0.15) is 11.8 Å². The highest BCUT2D eigenvalue weighted by Gasteiger charge is 2.07. The summed E-state index contributed by atoms with van der Waals surface area (Å²) in [7, 11) is 0. The van der Waals surface area contributed by atoms with E-state index in [1.165, 1.54) is 31.4 Å². The van der Waals surface area contributed by atoms with Crippen LogP contribution >= 0.6 is 11.8 Å². The topological polar surface area (TPSA) is 20.2 Å². The zero-order valence-corrected chi connectivity index (χ0v) is 10.8. The second-order valence-corrected chi connectivity index (χ2v) is 5.32. The van der Waals surface area contributed by atoms with Crippen molar-refractivity contribution in [3.63, 3.8) is 0 Å². The Hall–Kier alpha value is 0.310. The molecule has 0 aliphatic rings. The first-order chi connectivity index (χ1) is 6.74. The van der Waals surface area contributed by atoms with Crippen molar-refractivity contribution >= 4 is 11.8 Å². The molecule has 0 aromatic carbocycles. The first kappa shape index (κ1) is 14.3. The largest absolute Gasteiger partial charge is 0.396 e. The summed E-state index contributed by atoms with van der Waals surface area (Å²) in [4.78, 5) is 0. The summed E-state index contributed by atoms with van der Waals surface area (Å²) >= 11 is 2.01. The van der Waals surface area contributed by atoms with Crippen molar-refractivity contribution in [3.8, 4) is 0 Å². The van der Waals surface area contributed by atoms with Crippen molar-refractivity contribution < 1.29 is 5.11 Å². The van der Waals surface area contributed by atoms with Crippen LogP contribution in [-0.4, -0.2) is 23.2 Å². The molecule has 0 spiro atoms. The van der Waals surface area contributed by atoms with Crippen LogP contribution < -0.4 is 0 Å². The molecular weight excluding hydrogens is 192 g/mol. The minimum atomic E-state index is 0.332. The predicted octanol–water partition coefficient (Wildman–Crippen LogP) is 3.56. The van der Waals surface area contributed by atoms with Gasteiger partial charge in [0, 0.05) is 6.61 Å². The van der Waals surface area contributed by atoms with Gasteiger partial charge in [0.2, 0.25) is 0 Å². The Balaban J connectivity index is 3.42. The number of thioether (sulfide) groups is 1. The number of hydrogen-bond acceptors (Lipinski definition) is 2. The van der Waals surface area contributed by atoms with E-state index in [-0.39, 0.29) is 0 Å². The molecule has 0 amide bonds. The Kier molecular flexibility index (Phi) is 10.1. The van der Waals surface area contributed by atoms with Gasteiger partial charge in [-0.25, -0.2) is 0 Å². The van der Waals surface area contributed by atoms with Crippen LogP contribution in [0, 0.1) is 11.8 Å². The fourth-order valence-corrected chi connectivity index (χ4v) is 2.77. The average Bonchev–Trinajstić information content (AvgIpc) is 2.22. The lowest BCUT2D eigenvalue weighted by Gasteiger charge is -2.15. The standard InChI is InChI=1S/C12H26OS/c1-4-6-7-12(5-2)10-14-9-11(3)8-13/h11-13H,4-10H2,1-3H3. The van der Waals surface area contributed by atoms with Crippen LogP contribution in [0.15, 0.2) is 0 Å². The summed E-state index contributed by atoms with van der Waals surface area (Å²) in [6.07, 6.45) is 5.37. The minimum absolute atomic E-state index is 0.332. The van der Waals surface area contributed by atoms with Gasteiger partial charge in [0.15, 0.2) is 0 Å². The molecule has 2 atom stereocenters. The van der Waals surface area contributed by atoms with Crippen LogP contribution in [0.3, 0.4) is 0 Å². The first-order valence-corrected chi connectivity index (χ1v) is 7.08. The van der Waals surface area contributed by atoms with Crippen molar-refractivity contribution in [3.05, 3.63) is 0 Å². The molecule has 0 aromatic heterocycles. The SMILES string of the molecule is CCCCC(CC)CSCC(C)CO. The van der Waals surface area contributed by atoms with Gasteiger partial charge in [-0.05, 0) is 29.8 Å². The van der Waals surface area contributed by atoms with E-state index in [1.807, 2.05) is 11.8 Å². The number of unbranched alkanes of at least 4 members (excludes halogenated alkanes) is 1. The Bertz CT molecular complexity index is 117. The van der Waals surface area contributed by atoms with E-state index in [0.717, 1.165) is 11.7 Å². The first-order valence-electron chi connectivity index (χ1n) is 5.93. The summed E-state index contributed by atoms with van der Waals surface area (Å²) < 4.78 is 0. The molecule has 0 rings (SSSR count). The smallest absolute Gasteiger partial charge is 0.0464 e. The fourth-order valence-electron chi connectivity index (χ4n) is 1.39. The van der Waals surface area contributed by atoms with E-state index in [2.05, 4.69) is 20.8 Å². The van der Waals surface area contributed by atoms with Gasteiger partial charge < -0.3 is 5.11 Å². The molecule has 14 heavy (non-hydrogen) atoms. The second-order valence-electron chi connectivity index (χ2n) is 4.24. The van der Waals surface area contributed by atoms with Crippen LogP contribution in [0.5, 0.6) is 0 Å². The molecule has 2 heteroatoms. The minimum Gasteiger partial charge on any atom is -0.396 e. The van der Waals surface area contributed by atoms with Gasteiger partial charge in [-0.3, -0.25) is 0 Å². The van der Waals surface area contributed by atoms with Crippen LogP contribution in [0.25, 0.3) is 0 Å². The van der Waals surface area contributed by atoms with Gasteiger partial charge in [0.1, 0.15) is 0 Å². The molecule has 1 N–H and O–H groups in total. The lowest BCUT2D eigenvalue weighted by atomic mass is 10.0. The Labute approximate surface area is 93.7 Å². The molecule has 0 aliphatic heterocycles. The van der Waals surface area contributed by atoms with E-state index in [1.54, 1.807) is 0 Å². The average molecular weight is 218 g/mol. The van der Waals surface area contributed by atoms with E-state index < -0.39 is 0 Å². The Morgan fingerprint density at radius 2 is 1.93 bits per heavy atom. The van der Waals surface area contributed by atoms with Gasteiger partial charge in [-0.15, -0.1) is 0 Å². The highest BCUT2D eigenvalue weighted by Crippen LogP contribution is 2.19. The number of rotatable bonds is 9. The van der Waals surface area contributed by atoms with Gasteiger partial charge >= 0.3 is 0 Å². The molecule has 0 saturated heterocycles. The summed E-state index contributed by atoms with van der Waals surface area (Å²) in [5.41, 5.74) is 0. The third-order valence-corrected chi connectivity index (χ3v) is 4.12. The summed E-state index contributed by atoms with van der Waals surface area (Å²) in [5, 5.41) is 8.89. The van der Waals surface area contributed by atoms with E-state index in [4.69, 9.17) is 5.11 Å². The molecule has 0 aliphatic carbocycles. The zero-order chi connectivity index (χ0) is 10.8. The van der Waals surface area contributed by atoms with Gasteiger partial charge in [0.05, 0.1) is 0 Å². The zero-order valence-electron chi connectivity index (χ0n) is 9.96. The van der Waals surface area contributed by atoms with E-state index >= 15 is 0 Å². The van der Waals surface area contributed by atoms with Crippen LogP contribution in [-0.2, 0) is 0 Å². The highest BCUT2D eigenvalue weighted by molar-refractivity contribution is 7.99. The van der Waals surface area contributed by atoms with E-state index in [0.29, 0.717) is 12.5 Å². The molecule has 0 heterocycles. The predicted molar refractivity (Wildman–Crippen MR) is 66.9 cm³/mol. The van der Waals surface area contributed by atoms with Crippen molar-refractivity contribution in [1.82, 2.24) is 0 Å². The van der Waals surface area contributed by atoms with E-state index in [9.17, 15) is 0 Å². The summed E-state index contributed by atoms with van der Waals surface area (Å²) in [6.45, 7) is 6.99. The third-order valence-electron chi connectivity index (χ3n) is 2.61. The quantitative estimate of drug-likeness (QED) is 0.638. The van der Waals surface area contributed by atoms with Gasteiger partial charge in [-0.1, -0.05) is 40.0 Å². The maximum absolute atomic E-state index is 8.89. The van der Waals surface area contributed by atoms with Crippen molar-refractivity contribution in [1.29, 1.82) is 0 Å². The molecule has 0 fully saturated rings. The molecule has 0 radical (unpaired) electrons. The van der Waals surface area contributed by atoms with Crippen molar-refractivity contribution in [2.24, 2.45) is 11.8 Å². The van der Waals surface area contributed by atoms with Gasteiger partial charge in [0.25, 0.3) is 0 Å². The molecule has 2 unspecified atom stereocenters. The molecular formula is C12H26OS. The maximum atomic E-state index is 8.89. The van der Waals surface area contributed by atoms with Crippen LogP contribution in [0.2, 0.25) is 0 Å². The summed E-state index contributed by atoms with van der Waals surface area (Å²) in [5.74, 6) is 3.74. The molecule has 0 saturated carbocycles. The van der Waals surface area contributed by atoms with Crippen LogP contribution in [0.4, 0.5) is 0 Å². The molecule has 1 nitrogen and oxygen atoms in total. The summed E-state index contributed by atoms with van der Waals surface area (Å²) in [6, 6.07) is 0. The Morgan fingerprint density at radius 1 is 1.21 bits per heavy atom. The number of aliphatic hydroxyl groups is 1. The number of hydrogen-bond donors (Lipinski definition) is 1. The lowest BCUT2D eigenvalue weighted by molar-refractivity contribution is 0.250. The normalized spacial score (nSPS) is 15.4. The van der Waals surface area contributed by atoms with Crippen molar-refractivity contribution in [2.75, 3.05) is 18.1 Å². The highest BCUT2D eigenvalue weighted by atomic mass is 32.2. The van der Waals surface area contributed by atoms with Crippen LogP contribution in [0.1, 0.15) is 46.5 Å². The lowest BCUT2D eigenvalue weighted by Crippen LogP contribution is -2.08. The maximum Gasteiger partial charge on any atom is 0.0464 e. The second kappa shape index (κ2) is 9.85. The monoisotopic (exact) mass is 218 g/mol. The fraction of sp³-hybridized carbons (Fsp3) is 1.00. The Morgan fingerprint density at radius 3 is 2.43 bits per heavy atom. The van der Waals surface area contributed by atoms with Crippen molar-refractivity contribution in [2.45, 2.75) is 46.5 Å². The number of aliphatic hydroxyl groups excluding tert-OH is 1. The third kappa shape index (κ3) is 7.69. The molecule has 86 valence electrons. The molecule has 0 aromatic rings.